The zero-order chi connectivity index (χ0) is 16.0. The molecular formula is C17H21Cl3N5Nd. The van der Waals surface area contributed by atoms with Crippen molar-refractivity contribution in [3.8, 4) is 23.0 Å². The number of hydrogen-bond acceptors (Lipinski definition) is 3. The molecule has 0 atom stereocenters. The molecule has 1 radical (unpaired) electrons. The fourth-order valence-electron chi connectivity index (χ4n) is 2.57. The van der Waals surface area contributed by atoms with E-state index < -0.39 is 0 Å². The van der Waals surface area contributed by atoms with Crippen LogP contribution in [0.3, 0.4) is 0 Å². The van der Waals surface area contributed by atoms with Gasteiger partial charge in [-0.2, -0.15) is 0 Å². The summed E-state index contributed by atoms with van der Waals surface area (Å²) >= 11 is 0. The fourth-order valence-corrected chi connectivity index (χ4v) is 2.57. The monoisotopic (exact) mass is 542 g/mol. The largest absolute Gasteiger partial charge is 3.00 e. The van der Waals surface area contributed by atoms with Crippen molar-refractivity contribution < 1.29 is 78.1 Å². The number of pyridine rings is 1. The maximum absolute atomic E-state index is 4.78. The van der Waals surface area contributed by atoms with Gasteiger partial charge in [-0.25, -0.2) is 15.0 Å². The van der Waals surface area contributed by atoms with Crippen LogP contribution in [0.4, 0.5) is 0 Å². The first-order chi connectivity index (χ1) is 10.4. The van der Waals surface area contributed by atoms with Crippen molar-refractivity contribution in [3.63, 3.8) is 0 Å². The smallest absolute Gasteiger partial charge is 1.00 e. The number of halogens is 3. The van der Waals surface area contributed by atoms with Crippen molar-refractivity contribution in [2.75, 3.05) is 0 Å². The summed E-state index contributed by atoms with van der Waals surface area (Å²) in [6, 6.07) is 6.00. The average molecular weight is 546 g/mol. The predicted octanol–water partition coefficient (Wildman–Crippen LogP) is -5.87. The van der Waals surface area contributed by atoms with E-state index in [1.165, 1.54) is 0 Å². The summed E-state index contributed by atoms with van der Waals surface area (Å²) in [6.07, 6.45) is 0. The third kappa shape index (κ3) is 4.98. The molecule has 0 aliphatic heterocycles. The van der Waals surface area contributed by atoms with Gasteiger partial charge in [0.05, 0.1) is 11.4 Å². The van der Waals surface area contributed by atoms with E-state index in [2.05, 4.69) is 32.9 Å². The van der Waals surface area contributed by atoms with Crippen LogP contribution in [-0.2, 0) is 14.1 Å². The van der Waals surface area contributed by atoms with Gasteiger partial charge >= 0.3 is 40.8 Å². The predicted molar refractivity (Wildman–Crippen MR) is 87.6 cm³/mol. The van der Waals surface area contributed by atoms with E-state index in [9.17, 15) is 0 Å². The van der Waals surface area contributed by atoms with Crippen molar-refractivity contribution in [1.29, 1.82) is 0 Å². The molecule has 139 valence electrons. The quantitative estimate of drug-likeness (QED) is 0.322. The Labute approximate surface area is 206 Å². The second kappa shape index (κ2) is 11.0. The van der Waals surface area contributed by atoms with Gasteiger partial charge in [-0.1, -0.05) is 6.07 Å². The van der Waals surface area contributed by atoms with Gasteiger partial charge in [0.2, 0.25) is 0 Å². The van der Waals surface area contributed by atoms with Gasteiger partial charge in [0.1, 0.15) is 11.4 Å². The molecule has 26 heavy (non-hydrogen) atoms. The molecule has 0 saturated heterocycles. The Morgan fingerprint density at radius 2 is 1.00 bits per heavy atom. The molecule has 0 bridgehead atoms. The van der Waals surface area contributed by atoms with E-state index in [0.717, 1.165) is 45.8 Å². The van der Waals surface area contributed by atoms with Crippen molar-refractivity contribution in [3.05, 3.63) is 41.0 Å². The number of aryl methyl sites for hydroxylation is 2. The van der Waals surface area contributed by atoms with Crippen LogP contribution >= 0.6 is 0 Å². The standard InChI is InChI=1S/C17H21N5.3ClH.Nd/c1-10-12(3)21(5)16(18-10)14-8-7-9-15(20-14)17-19-11(2)13(4)22(17)6;;;;/h7-9H,1-6H3;3*1H;/q;;;;+3/p-3. The summed E-state index contributed by atoms with van der Waals surface area (Å²) in [5, 5.41) is 0. The second-order valence-electron chi connectivity index (χ2n) is 5.74. The van der Waals surface area contributed by atoms with E-state index in [1.54, 1.807) is 0 Å². The molecule has 3 rings (SSSR count). The van der Waals surface area contributed by atoms with Gasteiger partial charge < -0.3 is 46.4 Å². The van der Waals surface area contributed by atoms with E-state index >= 15 is 0 Å². The van der Waals surface area contributed by atoms with Crippen LogP contribution in [0, 0.1) is 68.5 Å². The van der Waals surface area contributed by atoms with E-state index in [1.807, 2.05) is 46.1 Å². The van der Waals surface area contributed by atoms with Crippen molar-refractivity contribution in [2.45, 2.75) is 27.7 Å². The molecule has 0 aliphatic rings. The molecule has 9 heteroatoms. The Morgan fingerprint density at radius 1 is 0.654 bits per heavy atom. The van der Waals surface area contributed by atoms with Gasteiger partial charge in [-0.3, -0.25) is 0 Å². The number of nitrogens with zero attached hydrogens (tertiary/aromatic N) is 5. The van der Waals surface area contributed by atoms with E-state index in [4.69, 9.17) is 4.98 Å². The van der Waals surface area contributed by atoms with Gasteiger partial charge in [-0.15, -0.1) is 0 Å². The Kier molecular flexibility index (Phi) is 11.8. The minimum absolute atomic E-state index is 0. The molecule has 0 aromatic carbocycles. The molecule has 3 aromatic heterocycles. The zero-order valence-corrected chi connectivity index (χ0v) is 21.1. The first kappa shape index (κ1) is 28.0. The SMILES string of the molecule is Cc1nc(-c2cccc(-c3nc(C)c(C)n3C)n2)n(C)c1C.[Cl-].[Cl-].[Cl-].[Nd+3]. The van der Waals surface area contributed by atoms with Crippen molar-refractivity contribution >= 4 is 0 Å². The van der Waals surface area contributed by atoms with Crippen molar-refractivity contribution in [2.24, 2.45) is 14.1 Å². The molecular weight excluding hydrogens is 525 g/mol. The number of hydrogen-bond donors (Lipinski definition) is 0. The van der Waals surface area contributed by atoms with Crippen molar-refractivity contribution in [1.82, 2.24) is 24.1 Å². The molecule has 0 aliphatic carbocycles. The van der Waals surface area contributed by atoms with Crippen LogP contribution in [0.2, 0.25) is 0 Å². The molecule has 5 nitrogen and oxygen atoms in total. The topological polar surface area (TPSA) is 48.5 Å². The van der Waals surface area contributed by atoms with E-state index in [-0.39, 0.29) is 78.1 Å². The second-order valence-corrected chi connectivity index (χ2v) is 5.74. The minimum atomic E-state index is 0. The zero-order valence-electron chi connectivity index (χ0n) is 15.6. The molecule has 0 unspecified atom stereocenters. The summed E-state index contributed by atoms with van der Waals surface area (Å²) in [5.41, 5.74) is 6.13. The number of rotatable bonds is 2. The van der Waals surface area contributed by atoms with Gasteiger partial charge in [-0.05, 0) is 39.8 Å². The van der Waals surface area contributed by atoms with Gasteiger partial charge in [0, 0.05) is 25.5 Å². The summed E-state index contributed by atoms with van der Waals surface area (Å²) in [6.45, 7) is 8.19. The molecule has 0 saturated carbocycles. The van der Waals surface area contributed by atoms with Crippen LogP contribution in [-0.4, -0.2) is 24.1 Å². The minimum Gasteiger partial charge on any atom is -1.00 e. The molecule has 0 spiro atoms. The third-order valence-corrected chi connectivity index (χ3v) is 4.44. The van der Waals surface area contributed by atoms with Crippen LogP contribution in [0.15, 0.2) is 18.2 Å². The first-order valence-corrected chi connectivity index (χ1v) is 7.37. The average Bonchev–Trinajstić information content (AvgIpc) is 2.92. The Morgan fingerprint density at radius 3 is 1.27 bits per heavy atom. The Hall–Kier alpha value is -0.209. The molecule has 0 N–H and O–H groups in total. The molecule has 3 heterocycles. The maximum atomic E-state index is 4.78. The summed E-state index contributed by atoms with van der Waals surface area (Å²) in [4.78, 5) is 14.0. The molecule has 0 amide bonds. The van der Waals surface area contributed by atoms with E-state index in [0.29, 0.717) is 0 Å². The van der Waals surface area contributed by atoms with Crippen LogP contribution in [0.1, 0.15) is 22.8 Å². The maximum Gasteiger partial charge on any atom is 3.00 e. The number of aromatic nitrogens is 5. The van der Waals surface area contributed by atoms with Gasteiger partial charge in [0.15, 0.2) is 11.6 Å². The van der Waals surface area contributed by atoms with Crippen LogP contribution in [0.25, 0.3) is 23.0 Å². The molecule has 0 fully saturated rings. The fraction of sp³-hybridized carbons (Fsp3) is 0.353. The summed E-state index contributed by atoms with van der Waals surface area (Å²) in [7, 11) is 4.04. The Bertz CT molecular complexity index is 806. The normalized spacial score (nSPS) is 9.46. The Balaban J connectivity index is 0. The van der Waals surface area contributed by atoms with Crippen LogP contribution in [0.5, 0.6) is 0 Å². The van der Waals surface area contributed by atoms with Crippen LogP contribution < -0.4 is 37.2 Å². The summed E-state index contributed by atoms with van der Waals surface area (Å²) in [5.74, 6) is 1.78. The summed E-state index contributed by atoms with van der Waals surface area (Å²) < 4.78 is 4.16. The number of imidazole rings is 2. The van der Waals surface area contributed by atoms with Gasteiger partial charge in [0.25, 0.3) is 0 Å². The first-order valence-electron chi connectivity index (χ1n) is 7.37. The third-order valence-electron chi connectivity index (χ3n) is 4.44. The molecule has 3 aromatic rings.